The number of halogens is 1. The van der Waals surface area contributed by atoms with Gasteiger partial charge in [-0.2, -0.15) is 0 Å². The van der Waals surface area contributed by atoms with Crippen LogP contribution in [0, 0.1) is 5.82 Å². The standard InChI is InChI=1S/C12H15FO2/c1-3-7-15-12-6-5-9(13)8-10(12)11(14)4-2/h5-6,8H,3-4,7H2,1-2H3. The highest BCUT2D eigenvalue weighted by Gasteiger charge is 2.11. The van der Waals surface area contributed by atoms with Crippen LogP contribution in [0.15, 0.2) is 18.2 Å². The first kappa shape index (κ1) is 11.7. The largest absolute Gasteiger partial charge is 0.493 e. The molecule has 0 N–H and O–H groups in total. The number of hydrogen-bond donors (Lipinski definition) is 0. The van der Waals surface area contributed by atoms with Crippen LogP contribution in [0.3, 0.4) is 0 Å². The highest BCUT2D eigenvalue weighted by atomic mass is 19.1. The average molecular weight is 210 g/mol. The van der Waals surface area contributed by atoms with Gasteiger partial charge in [0.05, 0.1) is 12.2 Å². The van der Waals surface area contributed by atoms with E-state index in [1.54, 1.807) is 6.92 Å². The third-order valence-electron chi connectivity index (χ3n) is 2.02. The number of hydrogen-bond acceptors (Lipinski definition) is 2. The second-order valence-corrected chi connectivity index (χ2v) is 3.27. The van der Waals surface area contributed by atoms with Gasteiger partial charge in [-0.3, -0.25) is 4.79 Å². The minimum Gasteiger partial charge on any atom is -0.493 e. The molecule has 0 fully saturated rings. The molecule has 0 atom stereocenters. The molecule has 0 saturated carbocycles. The van der Waals surface area contributed by atoms with Gasteiger partial charge in [0.15, 0.2) is 5.78 Å². The Kier molecular flexibility index (Phi) is 4.28. The van der Waals surface area contributed by atoms with Crippen molar-refractivity contribution < 1.29 is 13.9 Å². The van der Waals surface area contributed by atoms with Crippen LogP contribution in [-0.4, -0.2) is 12.4 Å². The zero-order valence-corrected chi connectivity index (χ0v) is 9.05. The molecule has 1 aromatic rings. The van der Waals surface area contributed by atoms with Gasteiger partial charge >= 0.3 is 0 Å². The Hall–Kier alpha value is -1.38. The Morgan fingerprint density at radius 3 is 2.73 bits per heavy atom. The van der Waals surface area contributed by atoms with E-state index in [1.165, 1.54) is 18.2 Å². The Labute approximate surface area is 89.1 Å². The quantitative estimate of drug-likeness (QED) is 0.697. The van der Waals surface area contributed by atoms with Crippen molar-refractivity contribution in [1.82, 2.24) is 0 Å². The summed E-state index contributed by atoms with van der Waals surface area (Å²) in [6.45, 7) is 4.26. The highest BCUT2D eigenvalue weighted by molar-refractivity contribution is 5.98. The molecule has 0 radical (unpaired) electrons. The Morgan fingerprint density at radius 1 is 1.40 bits per heavy atom. The van der Waals surface area contributed by atoms with Gasteiger partial charge in [0.25, 0.3) is 0 Å². The SMILES string of the molecule is CCCOc1ccc(F)cc1C(=O)CC. The van der Waals surface area contributed by atoms with Crippen LogP contribution >= 0.6 is 0 Å². The Morgan fingerprint density at radius 2 is 2.13 bits per heavy atom. The molecule has 0 bridgehead atoms. The molecule has 0 amide bonds. The number of benzene rings is 1. The molecule has 0 aliphatic carbocycles. The van der Waals surface area contributed by atoms with Gasteiger partial charge in [-0.05, 0) is 24.6 Å². The maximum absolute atomic E-state index is 13.0. The molecule has 82 valence electrons. The van der Waals surface area contributed by atoms with Crippen LogP contribution in [-0.2, 0) is 0 Å². The van der Waals surface area contributed by atoms with Crippen molar-refractivity contribution in [1.29, 1.82) is 0 Å². The first-order chi connectivity index (χ1) is 7.19. The second-order valence-electron chi connectivity index (χ2n) is 3.27. The minimum atomic E-state index is -0.407. The molecule has 0 aromatic heterocycles. The van der Waals surface area contributed by atoms with Crippen LogP contribution in [0.2, 0.25) is 0 Å². The van der Waals surface area contributed by atoms with Crippen LogP contribution in [0.25, 0.3) is 0 Å². The van der Waals surface area contributed by atoms with Crippen molar-refractivity contribution in [2.24, 2.45) is 0 Å². The maximum atomic E-state index is 13.0. The van der Waals surface area contributed by atoms with E-state index in [4.69, 9.17) is 4.74 Å². The number of ether oxygens (including phenoxy) is 1. The van der Waals surface area contributed by atoms with Crippen LogP contribution in [0.4, 0.5) is 4.39 Å². The topological polar surface area (TPSA) is 26.3 Å². The fraction of sp³-hybridized carbons (Fsp3) is 0.417. The number of carbonyl (C=O) groups is 1. The molecule has 3 heteroatoms. The van der Waals surface area contributed by atoms with Crippen molar-refractivity contribution in [3.8, 4) is 5.75 Å². The summed E-state index contributed by atoms with van der Waals surface area (Å²) in [4.78, 5) is 11.5. The van der Waals surface area contributed by atoms with Crippen molar-refractivity contribution in [2.45, 2.75) is 26.7 Å². The molecular formula is C12H15FO2. The number of Topliss-reactive ketones (excluding diaryl/α,β-unsaturated/α-hetero) is 1. The molecule has 0 aliphatic rings. The molecule has 0 saturated heterocycles. The summed E-state index contributed by atoms with van der Waals surface area (Å²) < 4.78 is 18.3. The minimum absolute atomic E-state index is 0.0967. The zero-order chi connectivity index (χ0) is 11.3. The summed E-state index contributed by atoms with van der Waals surface area (Å²) in [5.41, 5.74) is 0.339. The summed E-state index contributed by atoms with van der Waals surface area (Å²) in [7, 11) is 0. The smallest absolute Gasteiger partial charge is 0.166 e. The molecular weight excluding hydrogens is 195 g/mol. The number of ketones is 1. The molecule has 0 aliphatic heterocycles. The number of rotatable bonds is 5. The molecule has 0 unspecified atom stereocenters. The van der Waals surface area contributed by atoms with Crippen LogP contribution < -0.4 is 4.74 Å². The summed E-state index contributed by atoms with van der Waals surface area (Å²) in [6, 6.07) is 4.04. The van der Waals surface area contributed by atoms with E-state index in [0.717, 1.165) is 6.42 Å². The summed E-state index contributed by atoms with van der Waals surface area (Å²) in [6.07, 6.45) is 1.21. The van der Waals surface area contributed by atoms with Crippen molar-refractivity contribution in [2.75, 3.05) is 6.61 Å². The van der Waals surface area contributed by atoms with Crippen molar-refractivity contribution in [3.05, 3.63) is 29.6 Å². The van der Waals surface area contributed by atoms with E-state index in [-0.39, 0.29) is 5.78 Å². The van der Waals surface area contributed by atoms with Gasteiger partial charge in [-0.15, -0.1) is 0 Å². The molecule has 15 heavy (non-hydrogen) atoms. The predicted octanol–water partition coefficient (Wildman–Crippen LogP) is 3.21. The lowest BCUT2D eigenvalue weighted by atomic mass is 10.1. The summed E-state index contributed by atoms with van der Waals surface area (Å²) >= 11 is 0. The molecule has 2 nitrogen and oxygen atoms in total. The molecule has 0 spiro atoms. The third-order valence-corrected chi connectivity index (χ3v) is 2.02. The molecule has 1 aromatic carbocycles. The lowest BCUT2D eigenvalue weighted by Gasteiger charge is -2.09. The van der Waals surface area contributed by atoms with Gasteiger partial charge in [0.1, 0.15) is 11.6 Å². The molecule has 0 heterocycles. The maximum Gasteiger partial charge on any atom is 0.166 e. The fourth-order valence-corrected chi connectivity index (χ4v) is 1.25. The van der Waals surface area contributed by atoms with Gasteiger partial charge in [-0.25, -0.2) is 4.39 Å². The van der Waals surface area contributed by atoms with E-state index >= 15 is 0 Å². The summed E-state index contributed by atoms with van der Waals surface area (Å²) in [5.74, 6) is -0.0265. The predicted molar refractivity (Wildman–Crippen MR) is 56.8 cm³/mol. The Bertz CT molecular complexity index is 347. The second kappa shape index (κ2) is 5.49. The first-order valence-corrected chi connectivity index (χ1v) is 5.14. The van der Waals surface area contributed by atoms with Gasteiger partial charge in [0, 0.05) is 6.42 Å². The Balaban J connectivity index is 2.97. The van der Waals surface area contributed by atoms with Crippen LogP contribution in [0.5, 0.6) is 5.75 Å². The van der Waals surface area contributed by atoms with Gasteiger partial charge in [0.2, 0.25) is 0 Å². The van der Waals surface area contributed by atoms with E-state index in [1.807, 2.05) is 6.92 Å². The summed E-state index contributed by atoms with van der Waals surface area (Å²) in [5, 5.41) is 0. The highest BCUT2D eigenvalue weighted by Crippen LogP contribution is 2.21. The monoisotopic (exact) mass is 210 g/mol. The van der Waals surface area contributed by atoms with Gasteiger partial charge in [-0.1, -0.05) is 13.8 Å². The third kappa shape index (κ3) is 3.05. The van der Waals surface area contributed by atoms with Gasteiger partial charge < -0.3 is 4.74 Å². The van der Waals surface area contributed by atoms with E-state index in [9.17, 15) is 9.18 Å². The molecule has 1 rings (SSSR count). The lowest BCUT2D eigenvalue weighted by Crippen LogP contribution is -2.04. The average Bonchev–Trinajstić information content (AvgIpc) is 2.26. The van der Waals surface area contributed by atoms with Crippen LogP contribution in [0.1, 0.15) is 37.0 Å². The van der Waals surface area contributed by atoms with Crippen molar-refractivity contribution in [3.63, 3.8) is 0 Å². The van der Waals surface area contributed by atoms with E-state index < -0.39 is 5.82 Å². The normalized spacial score (nSPS) is 10.1. The zero-order valence-electron chi connectivity index (χ0n) is 9.05. The number of carbonyl (C=O) groups excluding carboxylic acids is 1. The van der Waals surface area contributed by atoms with Crippen molar-refractivity contribution >= 4 is 5.78 Å². The fourth-order valence-electron chi connectivity index (χ4n) is 1.25. The first-order valence-electron chi connectivity index (χ1n) is 5.14. The van der Waals surface area contributed by atoms with E-state index in [0.29, 0.717) is 24.3 Å². The lowest BCUT2D eigenvalue weighted by molar-refractivity contribution is 0.0983. The van der Waals surface area contributed by atoms with E-state index in [2.05, 4.69) is 0 Å².